The second kappa shape index (κ2) is 6.56. The van der Waals surface area contributed by atoms with Gasteiger partial charge in [-0.05, 0) is 67.9 Å². The van der Waals surface area contributed by atoms with E-state index in [2.05, 4.69) is 0 Å². The third-order valence-corrected chi connectivity index (χ3v) is 6.33. The summed E-state index contributed by atoms with van der Waals surface area (Å²) < 4.78 is 26.6. The van der Waals surface area contributed by atoms with Gasteiger partial charge in [0.25, 0.3) is 0 Å². The Morgan fingerprint density at radius 3 is 2.10 bits per heavy atom. The Labute approximate surface area is 165 Å². The Bertz CT molecular complexity index is 1010. The lowest BCUT2D eigenvalue weighted by Crippen LogP contribution is -2.46. The number of benzene rings is 2. The molecular weight excluding hydrogens is 378 g/mol. The van der Waals surface area contributed by atoms with Gasteiger partial charge in [-0.15, -0.1) is 0 Å². The van der Waals surface area contributed by atoms with E-state index in [0.717, 1.165) is 17.7 Å². The molecule has 2 aromatic rings. The van der Waals surface area contributed by atoms with Gasteiger partial charge in [-0.3, -0.25) is 19.3 Å². The summed E-state index contributed by atoms with van der Waals surface area (Å²) in [6.45, 7) is 0.645. The van der Waals surface area contributed by atoms with E-state index in [1.807, 2.05) is 4.90 Å². The highest BCUT2D eigenvalue weighted by molar-refractivity contribution is 6.24. The number of carbonyl (C=O) groups is 3. The van der Waals surface area contributed by atoms with E-state index in [4.69, 9.17) is 0 Å². The summed E-state index contributed by atoms with van der Waals surface area (Å²) in [7, 11) is 0. The van der Waals surface area contributed by atoms with Crippen LogP contribution < -0.4 is 4.90 Å². The number of hydrogen-bond donors (Lipinski definition) is 0. The van der Waals surface area contributed by atoms with Crippen molar-refractivity contribution in [2.45, 2.75) is 24.9 Å². The van der Waals surface area contributed by atoms with Gasteiger partial charge < -0.3 is 0 Å². The highest BCUT2D eigenvalue weighted by atomic mass is 19.1. The molecule has 0 bridgehead atoms. The first-order valence-corrected chi connectivity index (χ1v) is 9.66. The molecule has 3 aliphatic heterocycles. The number of ketones is 1. The molecule has 0 saturated carbocycles. The zero-order chi connectivity index (χ0) is 20.3. The van der Waals surface area contributed by atoms with Crippen molar-refractivity contribution in [3.8, 4) is 0 Å². The van der Waals surface area contributed by atoms with Crippen LogP contribution >= 0.6 is 0 Å². The first-order valence-electron chi connectivity index (χ1n) is 9.66. The molecule has 0 spiro atoms. The van der Waals surface area contributed by atoms with Crippen molar-refractivity contribution in [2.75, 3.05) is 11.4 Å². The highest BCUT2D eigenvalue weighted by Gasteiger charge is 2.64. The molecule has 2 aromatic carbocycles. The predicted octanol–water partition coefficient (Wildman–Crippen LogP) is 2.80. The zero-order valence-electron chi connectivity index (χ0n) is 15.4. The molecule has 29 heavy (non-hydrogen) atoms. The van der Waals surface area contributed by atoms with Crippen LogP contribution in [0, 0.1) is 23.5 Å². The van der Waals surface area contributed by atoms with Crippen molar-refractivity contribution < 1.29 is 23.2 Å². The smallest absolute Gasteiger partial charge is 0.239 e. The summed E-state index contributed by atoms with van der Waals surface area (Å²) >= 11 is 0. The molecule has 5 rings (SSSR count). The van der Waals surface area contributed by atoms with Gasteiger partial charge in [0.2, 0.25) is 11.8 Å². The molecule has 3 aliphatic rings. The second-order valence-electron chi connectivity index (χ2n) is 7.80. The van der Waals surface area contributed by atoms with Gasteiger partial charge in [0.15, 0.2) is 5.78 Å². The third-order valence-electron chi connectivity index (χ3n) is 6.33. The number of hydrogen-bond acceptors (Lipinski definition) is 4. The number of rotatable bonds is 3. The number of fused-ring (bicyclic) bond motifs is 3. The Balaban J connectivity index is 1.54. The number of imide groups is 1. The van der Waals surface area contributed by atoms with Gasteiger partial charge in [-0.2, -0.15) is 0 Å². The van der Waals surface area contributed by atoms with E-state index in [9.17, 15) is 23.2 Å². The number of amides is 2. The summed E-state index contributed by atoms with van der Waals surface area (Å²) in [4.78, 5) is 42.8. The highest BCUT2D eigenvalue weighted by Crippen LogP contribution is 2.48. The first kappa shape index (κ1) is 18.1. The average molecular weight is 396 g/mol. The molecule has 0 N–H and O–H groups in total. The first-order chi connectivity index (χ1) is 14.0. The van der Waals surface area contributed by atoms with E-state index in [1.165, 1.54) is 48.5 Å². The molecule has 5 nitrogen and oxygen atoms in total. The van der Waals surface area contributed by atoms with Gasteiger partial charge >= 0.3 is 0 Å². The lowest BCUT2D eigenvalue weighted by atomic mass is 9.85. The standard InChI is InChI=1S/C22H18F2N2O3/c23-13-5-3-12(4-6-13)20(27)19-18-17(16-2-1-11-25(16)19)21(28)26(22(18)29)15-9-7-14(24)8-10-15/h3-10,16-19H,1-2,11H2/t16-,17-,18+,19-/m0/s1. The molecule has 148 valence electrons. The van der Waals surface area contributed by atoms with E-state index >= 15 is 0 Å². The van der Waals surface area contributed by atoms with Crippen LogP contribution in [-0.4, -0.2) is 41.1 Å². The summed E-state index contributed by atoms with van der Waals surface area (Å²) in [5.74, 6) is -3.32. The van der Waals surface area contributed by atoms with Crippen LogP contribution in [0.1, 0.15) is 23.2 Å². The summed E-state index contributed by atoms with van der Waals surface area (Å²) in [5, 5.41) is 0. The molecule has 0 radical (unpaired) electrons. The fourth-order valence-electron chi connectivity index (χ4n) is 5.14. The maximum absolute atomic E-state index is 13.3. The number of nitrogens with zero attached hydrogens (tertiary/aromatic N) is 2. The quantitative estimate of drug-likeness (QED) is 0.591. The lowest BCUT2D eigenvalue weighted by molar-refractivity contribution is -0.123. The fraction of sp³-hybridized carbons (Fsp3) is 0.318. The Hall–Kier alpha value is -2.93. The molecule has 2 amide bonds. The Morgan fingerprint density at radius 1 is 0.862 bits per heavy atom. The minimum Gasteiger partial charge on any atom is -0.292 e. The van der Waals surface area contributed by atoms with Crippen molar-refractivity contribution >= 4 is 23.3 Å². The molecule has 4 atom stereocenters. The summed E-state index contributed by atoms with van der Waals surface area (Å²) in [6, 6.07) is 9.53. The Morgan fingerprint density at radius 2 is 1.45 bits per heavy atom. The molecule has 3 fully saturated rings. The molecule has 0 unspecified atom stereocenters. The molecule has 7 heteroatoms. The normalized spacial score (nSPS) is 28.7. The SMILES string of the molecule is O=C(c1ccc(F)cc1)[C@@H]1[C@@H]2C(=O)N(c3ccc(F)cc3)C(=O)[C@H]2[C@@H]2CCCN12. The van der Waals surface area contributed by atoms with Crippen LogP contribution in [0.25, 0.3) is 0 Å². The van der Waals surface area contributed by atoms with Crippen LogP contribution in [0.3, 0.4) is 0 Å². The zero-order valence-corrected chi connectivity index (χ0v) is 15.4. The number of halogens is 2. The number of Topliss-reactive ketones (excluding diaryl/α,β-unsaturated/α-hetero) is 1. The van der Waals surface area contributed by atoms with Crippen molar-refractivity contribution in [1.82, 2.24) is 4.90 Å². The van der Waals surface area contributed by atoms with Crippen LogP contribution in [0.15, 0.2) is 48.5 Å². The van der Waals surface area contributed by atoms with Gasteiger partial charge in [-0.1, -0.05) is 0 Å². The minimum absolute atomic E-state index is 0.170. The topological polar surface area (TPSA) is 57.7 Å². The van der Waals surface area contributed by atoms with E-state index in [-0.39, 0.29) is 17.7 Å². The monoisotopic (exact) mass is 396 g/mol. The molecule has 3 saturated heterocycles. The van der Waals surface area contributed by atoms with E-state index in [0.29, 0.717) is 17.8 Å². The van der Waals surface area contributed by atoms with Crippen LogP contribution in [0.4, 0.5) is 14.5 Å². The van der Waals surface area contributed by atoms with E-state index in [1.54, 1.807) is 0 Å². The van der Waals surface area contributed by atoms with Crippen molar-refractivity contribution in [3.05, 3.63) is 65.7 Å². The maximum Gasteiger partial charge on any atom is 0.239 e. The van der Waals surface area contributed by atoms with E-state index < -0.39 is 35.4 Å². The lowest BCUT2D eigenvalue weighted by Gasteiger charge is -2.27. The third kappa shape index (κ3) is 2.64. The number of anilines is 1. The Kier molecular flexibility index (Phi) is 4.10. The van der Waals surface area contributed by atoms with Gasteiger partial charge in [-0.25, -0.2) is 13.7 Å². The van der Waals surface area contributed by atoms with Gasteiger partial charge in [0, 0.05) is 11.6 Å². The van der Waals surface area contributed by atoms with Crippen molar-refractivity contribution in [1.29, 1.82) is 0 Å². The minimum atomic E-state index is -0.782. The molecule has 0 aliphatic carbocycles. The van der Waals surface area contributed by atoms with Gasteiger partial charge in [0.05, 0.1) is 23.6 Å². The largest absolute Gasteiger partial charge is 0.292 e. The van der Waals surface area contributed by atoms with Crippen LogP contribution in [0.5, 0.6) is 0 Å². The fourth-order valence-corrected chi connectivity index (χ4v) is 5.14. The molecule has 3 heterocycles. The number of carbonyl (C=O) groups excluding carboxylic acids is 3. The summed E-state index contributed by atoms with van der Waals surface area (Å²) in [6.07, 6.45) is 1.59. The second-order valence-corrected chi connectivity index (χ2v) is 7.80. The predicted molar refractivity (Wildman–Crippen MR) is 100 cm³/mol. The summed E-state index contributed by atoms with van der Waals surface area (Å²) in [5.41, 5.74) is 0.636. The van der Waals surface area contributed by atoms with Gasteiger partial charge in [0.1, 0.15) is 11.6 Å². The maximum atomic E-state index is 13.3. The van der Waals surface area contributed by atoms with Crippen molar-refractivity contribution in [2.24, 2.45) is 11.8 Å². The van der Waals surface area contributed by atoms with Crippen LogP contribution in [-0.2, 0) is 9.59 Å². The van der Waals surface area contributed by atoms with Crippen molar-refractivity contribution in [3.63, 3.8) is 0 Å². The average Bonchev–Trinajstić information content (AvgIpc) is 3.35. The van der Waals surface area contributed by atoms with Crippen LogP contribution in [0.2, 0.25) is 0 Å². The molecule has 0 aromatic heterocycles. The molecular formula is C22H18F2N2O3.